The van der Waals surface area contributed by atoms with E-state index in [1.165, 1.54) is 17.5 Å². The van der Waals surface area contributed by atoms with Gasteiger partial charge in [0, 0.05) is 11.6 Å². The Hall–Kier alpha value is -1.80. The number of nitrogens with one attached hydrogen (secondary N) is 1. The zero-order chi connectivity index (χ0) is 15.9. The van der Waals surface area contributed by atoms with Crippen LogP contribution in [0.5, 0.6) is 5.75 Å². The van der Waals surface area contributed by atoms with E-state index in [1.54, 1.807) is 7.11 Å². The Balaban J connectivity index is 2.06. The summed E-state index contributed by atoms with van der Waals surface area (Å²) in [5.74, 6) is 1.66. The molecule has 1 atom stereocenters. The maximum Gasteiger partial charge on any atom is 0.126 e. The quantitative estimate of drug-likeness (QED) is 0.771. The number of hydrogen-bond donors (Lipinski definition) is 1. The smallest absolute Gasteiger partial charge is 0.126 e. The molecule has 0 spiro atoms. The van der Waals surface area contributed by atoms with Gasteiger partial charge in [0.25, 0.3) is 0 Å². The van der Waals surface area contributed by atoms with Gasteiger partial charge in [0.1, 0.15) is 5.75 Å². The van der Waals surface area contributed by atoms with Crippen LogP contribution in [0.2, 0.25) is 0 Å². The van der Waals surface area contributed by atoms with Crippen molar-refractivity contribution in [3.05, 3.63) is 54.1 Å². The van der Waals surface area contributed by atoms with E-state index >= 15 is 0 Å². The minimum absolute atomic E-state index is 0.380. The van der Waals surface area contributed by atoms with Gasteiger partial charge in [-0.1, -0.05) is 56.3 Å². The first-order valence-electron chi connectivity index (χ1n) is 8.08. The number of ether oxygens (including phenoxy) is 1. The Kier molecular flexibility index (Phi) is 6.02. The molecule has 0 bridgehead atoms. The molecular weight excluding hydrogens is 270 g/mol. The molecule has 0 radical (unpaired) electrons. The van der Waals surface area contributed by atoms with Crippen molar-refractivity contribution >= 4 is 0 Å². The summed E-state index contributed by atoms with van der Waals surface area (Å²) in [6, 6.07) is 17.3. The van der Waals surface area contributed by atoms with Crippen molar-refractivity contribution in [3.63, 3.8) is 0 Å². The van der Waals surface area contributed by atoms with Gasteiger partial charge >= 0.3 is 0 Å². The highest BCUT2D eigenvalue weighted by Gasteiger charge is 2.08. The Morgan fingerprint density at radius 1 is 0.955 bits per heavy atom. The average Bonchev–Trinajstić information content (AvgIpc) is 2.54. The maximum atomic E-state index is 5.44. The first-order valence-corrected chi connectivity index (χ1v) is 8.08. The summed E-state index contributed by atoms with van der Waals surface area (Å²) in [5.41, 5.74) is 3.65. The van der Waals surface area contributed by atoms with E-state index in [-0.39, 0.29) is 0 Å². The molecule has 0 aliphatic rings. The average molecular weight is 297 g/mol. The van der Waals surface area contributed by atoms with Crippen LogP contribution in [0.3, 0.4) is 0 Å². The summed E-state index contributed by atoms with van der Waals surface area (Å²) >= 11 is 0. The Morgan fingerprint density at radius 2 is 1.64 bits per heavy atom. The van der Waals surface area contributed by atoms with Gasteiger partial charge in [0.15, 0.2) is 0 Å². The van der Waals surface area contributed by atoms with Crippen LogP contribution in [0, 0.1) is 5.92 Å². The van der Waals surface area contributed by atoms with Crippen molar-refractivity contribution in [1.82, 2.24) is 5.32 Å². The number of hydrogen-bond acceptors (Lipinski definition) is 2. The number of benzene rings is 2. The highest BCUT2D eigenvalue weighted by Crippen LogP contribution is 2.30. The second kappa shape index (κ2) is 8.00. The minimum Gasteiger partial charge on any atom is -0.496 e. The third kappa shape index (κ3) is 4.35. The standard InChI is InChI=1S/C20H27NO/c1-15(2)13-14-21-16(3)17-9-11-18(12-10-17)19-7-5-6-8-20(19)22-4/h5-12,15-16,21H,13-14H2,1-4H3. The lowest BCUT2D eigenvalue weighted by atomic mass is 10.0. The third-order valence-corrected chi connectivity index (χ3v) is 4.00. The summed E-state index contributed by atoms with van der Waals surface area (Å²) in [5, 5.41) is 3.59. The molecule has 0 aromatic heterocycles. The van der Waals surface area contributed by atoms with Crippen LogP contribution in [0.25, 0.3) is 11.1 Å². The van der Waals surface area contributed by atoms with Gasteiger partial charge in [-0.05, 0) is 43.0 Å². The molecular formula is C20H27NO. The van der Waals surface area contributed by atoms with Crippen LogP contribution in [-0.2, 0) is 0 Å². The van der Waals surface area contributed by atoms with Gasteiger partial charge in [-0.25, -0.2) is 0 Å². The lowest BCUT2D eigenvalue weighted by molar-refractivity contribution is 0.416. The minimum atomic E-state index is 0.380. The molecule has 2 nitrogen and oxygen atoms in total. The fourth-order valence-electron chi connectivity index (χ4n) is 2.54. The van der Waals surface area contributed by atoms with Crippen molar-refractivity contribution in [3.8, 4) is 16.9 Å². The van der Waals surface area contributed by atoms with Gasteiger partial charge < -0.3 is 10.1 Å². The molecule has 2 heteroatoms. The van der Waals surface area contributed by atoms with Crippen LogP contribution in [0.4, 0.5) is 0 Å². The summed E-state index contributed by atoms with van der Waals surface area (Å²) < 4.78 is 5.44. The zero-order valence-electron chi connectivity index (χ0n) is 14.1. The first kappa shape index (κ1) is 16.6. The SMILES string of the molecule is COc1ccccc1-c1ccc(C(C)NCCC(C)C)cc1. The Morgan fingerprint density at radius 3 is 2.27 bits per heavy atom. The van der Waals surface area contributed by atoms with Gasteiger partial charge in [-0.15, -0.1) is 0 Å². The molecule has 2 rings (SSSR count). The molecule has 22 heavy (non-hydrogen) atoms. The van der Waals surface area contributed by atoms with Crippen LogP contribution in [0.15, 0.2) is 48.5 Å². The van der Waals surface area contributed by atoms with Gasteiger partial charge in [-0.2, -0.15) is 0 Å². The number of methoxy groups -OCH3 is 1. The molecule has 0 aliphatic heterocycles. The zero-order valence-corrected chi connectivity index (χ0v) is 14.1. The predicted octanol–water partition coefficient (Wildman–Crippen LogP) is 5.06. The molecule has 2 aromatic carbocycles. The first-order chi connectivity index (χ1) is 10.6. The van der Waals surface area contributed by atoms with Gasteiger partial charge in [0.2, 0.25) is 0 Å². The molecule has 0 heterocycles. The number of rotatable bonds is 7. The van der Waals surface area contributed by atoms with Crippen molar-refractivity contribution in [2.24, 2.45) is 5.92 Å². The largest absolute Gasteiger partial charge is 0.496 e. The lowest BCUT2D eigenvalue weighted by Crippen LogP contribution is -2.20. The molecule has 0 aliphatic carbocycles. The van der Waals surface area contributed by atoms with Crippen LogP contribution < -0.4 is 10.1 Å². The molecule has 2 aromatic rings. The van der Waals surface area contributed by atoms with E-state index in [0.717, 1.165) is 23.8 Å². The summed E-state index contributed by atoms with van der Waals surface area (Å²) in [4.78, 5) is 0. The Labute approximate surface area is 134 Å². The number of para-hydroxylation sites is 1. The highest BCUT2D eigenvalue weighted by molar-refractivity contribution is 5.70. The third-order valence-electron chi connectivity index (χ3n) is 4.00. The maximum absolute atomic E-state index is 5.44. The second-order valence-corrected chi connectivity index (χ2v) is 6.18. The van der Waals surface area contributed by atoms with Crippen LogP contribution >= 0.6 is 0 Å². The van der Waals surface area contributed by atoms with Gasteiger partial charge in [-0.3, -0.25) is 0 Å². The van der Waals surface area contributed by atoms with Crippen molar-refractivity contribution in [2.45, 2.75) is 33.2 Å². The molecule has 0 fully saturated rings. The second-order valence-electron chi connectivity index (χ2n) is 6.18. The Bertz CT molecular complexity index is 575. The molecule has 118 valence electrons. The van der Waals surface area contributed by atoms with E-state index in [1.807, 2.05) is 18.2 Å². The summed E-state index contributed by atoms with van der Waals surface area (Å²) in [7, 11) is 1.72. The van der Waals surface area contributed by atoms with Crippen molar-refractivity contribution in [1.29, 1.82) is 0 Å². The van der Waals surface area contributed by atoms with E-state index in [2.05, 4.69) is 56.4 Å². The topological polar surface area (TPSA) is 21.3 Å². The molecule has 1 unspecified atom stereocenters. The lowest BCUT2D eigenvalue weighted by Gasteiger charge is -2.16. The van der Waals surface area contributed by atoms with E-state index in [4.69, 9.17) is 4.74 Å². The normalized spacial score (nSPS) is 12.4. The molecule has 1 N–H and O–H groups in total. The predicted molar refractivity (Wildman–Crippen MR) is 94.3 cm³/mol. The van der Waals surface area contributed by atoms with E-state index < -0.39 is 0 Å². The van der Waals surface area contributed by atoms with Crippen molar-refractivity contribution < 1.29 is 4.74 Å². The van der Waals surface area contributed by atoms with E-state index in [9.17, 15) is 0 Å². The highest BCUT2D eigenvalue weighted by atomic mass is 16.5. The van der Waals surface area contributed by atoms with Crippen LogP contribution in [-0.4, -0.2) is 13.7 Å². The molecule has 0 saturated carbocycles. The summed E-state index contributed by atoms with van der Waals surface area (Å²) in [6.45, 7) is 7.80. The van der Waals surface area contributed by atoms with E-state index in [0.29, 0.717) is 6.04 Å². The monoisotopic (exact) mass is 297 g/mol. The molecule has 0 saturated heterocycles. The van der Waals surface area contributed by atoms with Crippen molar-refractivity contribution in [2.75, 3.05) is 13.7 Å². The van der Waals surface area contributed by atoms with Gasteiger partial charge in [0.05, 0.1) is 7.11 Å². The fourth-order valence-corrected chi connectivity index (χ4v) is 2.54. The fraction of sp³-hybridized carbons (Fsp3) is 0.400. The van der Waals surface area contributed by atoms with Crippen LogP contribution in [0.1, 0.15) is 38.8 Å². The summed E-state index contributed by atoms with van der Waals surface area (Å²) in [6.07, 6.45) is 1.21. The molecule has 0 amide bonds.